The maximum absolute atomic E-state index is 8.97. The summed E-state index contributed by atoms with van der Waals surface area (Å²) >= 11 is 5.81. The minimum absolute atomic E-state index is 0.0211. The molecule has 0 aromatic carbocycles. The van der Waals surface area contributed by atoms with Gasteiger partial charge in [-0.2, -0.15) is 31.6 Å². The quantitative estimate of drug-likeness (QED) is 0.222. The Kier molecular flexibility index (Phi) is 18.0. The number of nitriles is 6. The van der Waals surface area contributed by atoms with E-state index in [2.05, 4.69) is 15.0 Å². The summed E-state index contributed by atoms with van der Waals surface area (Å²) in [6.45, 7) is 0.0632. The third-order valence-electron chi connectivity index (χ3n) is 3.43. The first-order valence-electron chi connectivity index (χ1n) is 9.41. The number of hydrogen-bond acceptors (Lipinski definition) is 18. The minimum atomic E-state index is -0.330. The van der Waals surface area contributed by atoms with Gasteiger partial charge in [0.25, 0.3) is 0 Å². The Morgan fingerprint density at radius 1 is 0.500 bits per heavy atom. The smallest absolute Gasteiger partial charge is 0.325 e. The number of aromatic nitrogens is 3. The molecular weight excluding hydrogens is 583 g/mol. The normalized spacial score (nSPS) is 12.2. The molecule has 3 atom stereocenters. The van der Waals surface area contributed by atoms with Gasteiger partial charge in [-0.3, -0.25) is 0 Å². The van der Waals surface area contributed by atoms with Gasteiger partial charge < -0.3 is 14.2 Å². The molecule has 0 aliphatic rings. The maximum Gasteiger partial charge on any atom is 0.325 e. The molecule has 1 aromatic heterocycles. The van der Waals surface area contributed by atoms with Crippen LogP contribution >= 0.6 is 70.6 Å². The summed E-state index contributed by atoms with van der Waals surface area (Å²) in [5, 5.41) is 63.9. The van der Waals surface area contributed by atoms with Gasteiger partial charge in [0.05, 0.1) is 15.7 Å². The Morgan fingerprint density at radius 3 is 1.00 bits per heavy atom. The average Bonchev–Trinajstić information content (AvgIpc) is 2.89. The molecule has 36 heavy (non-hydrogen) atoms. The number of rotatable bonds is 18. The maximum atomic E-state index is 8.97. The number of hydrogen-bond donors (Lipinski definition) is 0. The van der Waals surface area contributed by atoms with E-state index in [0.717, 1.165) is 70.6 Å². The molecule has 0 aliphatic carbocycles. The predicted molar refractivity (Wildman–Crippen MR) is 142 cm³/mol. The van der Waals surface area contributed by atoms with Gasteiger partial charge in [-0.1, -0.05) is 0 Å². The van der Waals surface area contributed by atoms with Crippen LogP contribution < -0.4 is 14.2 Å². The molecule has 0 radical (unpaired) electrons. The summed E-state index contributed by atoms with van der Waals surface area (Å²) in [5.74, 6) is 1.04. The molecule has 0 amide bonds. The molecule has 1 rings (SSSR count). The lowest BCUT2D eigenvalue weighted by molar-refractivity contribution is 0.239. The third kappa shape index (κ3) is 14.1. The molecule has 186 valence electrons. The van der Waals surface area contributed by atoms with Crippen LogP contribution in [0.15, 0.2) is 0 Å². The highest BCUT2D eigenvalue weighted by atomic mass is 32.2. The molecule has 1 aromatic rings. The van der Waals surface area contributed by atoms with Crippen LogP contribution in [-0.4, -0.2) is 67.8 Å². The van der Waals surface area contributed by atoms with Gasteiger partial charge in [0.15, 0.2) is 0 Å². The van der Waals surface area contributed by atoms with E-state index in [1.807, 2.05) is 32.4 Å². The van der Waals surface area contributed by atoms with E-state index in [1.165, 1.54) is 0 Å². The van der Waals surface area contributed by atoms with Gasteiger partial charge in [-0.15, -0.1) is 15.0 Å². The topological polar surface area (TPSA) is 209 Å². The summed E-state index contributed by atoms with van der Waals surface area (Å²) in [4.78, 5) is 12.3. The molecule has 0 bridgehead atoms. The van der Waals surface area contributed by atoms with Crippen molar-refractivity contribution in [1.82, 2.24) is 15.0 Å². The zero-order chi connectivity index (χ0) is 26.4. The van der Waals surface area contributed by atoms with Crippen LogP contribution in [0, 0.1) is 64.0 Å². The molecular formula is C18H15N9O3S6. The van der Waals surface area contributed by atoms with Crippen molar-refractivity contribution in [3.63, 3.8) is 0 Å². The van der Waals surface area contributed by atoms with Crippen LogP contribution in [0.4, 0.5) is 0 Å². The summed E-state index contributed by atoms with van der Waals surface area (Å²) < 4.78 is 16.8. The van der Waals surface area contributed by atoms with Crippen molar-refractivity contribution in [2.24, 2.45) is 0 Å². The van der Waals surface area contributed by atoms with Gasteiger partial charge >= 0.3 is 18.0 Å². The molecule has 0 fully saturated rings. The van der Waals surface area contributed by atoms with E-state index < -0.39 is 0 Å². The molecule has 0 N–H and O–H groups in total. The Bertz CT molecular complexity index is 927. The van der Waals surface area contributed by atoms with Crippen LogP contribution in [0.1, 0.15) is 0 Å². The summed E-state index contributed by atoms with van der Waals surface area (Å²) in [6, 6.07) is -0.438. The molecule has 0 spiro atoms. The van der Waals surface area contributed by atoms with Gasteiger partial charge in [0, 0.05) is 17.3 Å². The first-order chi connectivity index (χ1) is 17.6. The highest BCUT2D eigenvalue weighted by molar-refractivity contribution is 8.08. The summed E-state index contributed by atoms with van der Waals surface area (Å²) in [7, 11) is 0. The highest BCUT2D eigenvalue weighted by Gasteiger charge is 2.18. The number of nitrogens with zero attached hydrogens (tertiary/aromatic N) is 9. The van der Waals surface area contributed by atoms with Crippen molar-refractivity contribution >= 4 is 70.6 Å². The molecule has 0 aliphatic heterocycles. The van der Waals surface area contributed by atoms with Crippen LogP contribution in [0.3, 0.4) is 0 Å². The lowest BCUT2D eigenvalue weighted by Gasteiger charge is -2.15. The number of thiocyanates is 6. The Hall–Kier alpha value is -2.55. The summed E-state index contributed by atoms with van der Waals surface area (Å²) in [5.41, 5.74) is 0. The van der Waals surface area contributed by atoms with E-state index in [-0.39, 0.29) is 53.6 Å². The van der Waals surface area contributed by atoms with Gasteiger partial charge in [0.1, 0.15) is 52.2 Å². The Balaban J connectivity index is 3.02. The van der Waals surface area contributed by atoms with Crippen LogP contribution in [-0.2, 0) is 0 Å². The first kappa shape index (κ1) is 31.5. The molecule has 0 saturated carbocycles. The average molecular weight is 598 g/mol. The Morgan fingerprint density at radius 2 is 0.778 bits per heavy atom. The van der Waals surface area contributed by atoms with Gasteiger partial charge in [-0.05, 0) is 70.6 Å². The van der Waals surface area contributed by atoms with Crippen molar-refractivity contribution in [2.45, 2.75) is 15.7 Å². The standard InChI is InChI=1S/C18H15N9O3S6/c19-7-31-4-13(34-10-22)1-28-16-25-17(29-2-14(35-11-23)5-32-8-20)27-18(26-16)30-3-15(36-12-24)6-33-9-21/h13-15H,1-6H2. The van der Waals surface area contributed by atoms with Gasteiger partial charge in [-0.25, -0.2) is 0 Å². The fraction of sp³-hybridized carbons (Fsp3) is 0.500. The number of ether oxygens (including phenoxy) is 3. The predicted octanol–water partition coefficient (Wildman–Crippen LogP) is 3.40. The van der Waals surface area contributed by atoms with Gasteiger partial charge in [0.2, 0.25) is 0 Å². The van der Waals surface area contributed by atoms with Crippen LogP contribution in [0.2, 0.25) is 0 Å². The second-order valence-corrected chi connectivity index (χ2v) is 11.5. The Labute approximate surface area is 233 Å². The van der Waals surface area contributed by atoms with Crippen molar-refractivity contribution in [2.75, 3.05) is 37.1 Å². The molecule has 12 nitrogen and oxygen atoms in total. The van der Waals surface area contributed by atoms with Crippen LogP contribution in [0.5, 0.6) is 18.0 Å². The van der Waals surface area contributed by atoms with E-state index in [9.17, 15) is 0 Å². The molecule has 1 heterocycles. The molecule has 18 heteroatoms. The van der Waals surface area contributed by atoms with Crippen molar-refractivity contribution < 1.29 is 14.2 Å². The summed E-state index contributed by atoms with van der Waals surface area (Å²) in [6.07, 6.45) is 0. The SMILES string of the molecule is N#CSCC(COc1nc(OCC(CSC#N)SC#N)nc(OCC(CSC#N)SC#N)n1)SC#N. The van der Waals surface area contributed by atoms with Crippen molar-refractivity contribution in [3.05, 3.63) is 0 Å². The zero-order valence-corrected chi connectivity index (χ0v) is 23.1. The minimum Gasteiger partial charge on any atom is -0.462 e. The van der Waals surface area contributed by atoms with E-state index in [1.54, 1.807) is 0 Å². The lowest BCUT2D eigenvalue weighted by Crippen LogP contribution is -2.21. The van der Waals surface area contributed by atoms with E-state index in [4.69, 9.17) is 45.8 Å². The highest BCUT2D eigenvalue weighted by Crippen LogP contribution is 2.22. The van der Waals surface area contributed by atoms with E-state index >= 15 is 0 Å². The van der Waals surface area contributed by atoms with Crippen molar-refractivity contribution in [1.29, 1.82) is 31.6 Å². The largest absolute Gasteiger partial charge is 0.462 e. The third-order valence-corrected chi connectivity index (χ3v) is 8.38. The van der Waals surface area contributed by atoms with Crippen LogP contribution in [0.25, 0.3) is 0 Å². The fourth-order valence-electron chi connectivity index (χ4n) is 1.98. The second kappa shape index (κ2) is 20.6. The van der Waals surface area contributed by atoms with Crippen molar-refractivity contribution in [3.8, 4) is 50.4 Å². The monoisotopic (exact) mass is 597 g/mol. The lowest BCUT2D eigenvalue weighted by atomic mass is 10.5. The molecule has 0 saturated heterocycles. The second-order valence-electron chi connectivity index (χ2n) is 5.82. The van der Waals surface area contributed by atoms with E-state index in [0.29, 0.717) is 17.3 Å². The number of thioether (sulfide) groups is 6. The fourth-order valence-corrected chi connectivity index (χ4v) is 5.33. The zero-order valence-electron chi connectivity index (χ0n) is 18.2. The first-order valence-corrected chi connectivity index (χ1v) is 15.0. The molecule has 3 unspecified atom stereocenters.